The molecule has 118 valence electrons. The van der Waals surface area contributed by atoms with Crippen LogP contribution in [0.1, 0.15) is 65.9 Å². The molecule has 1 aliphatic carbocycles. The van der Waals surface area contributed by atoms with Gasteiger partial charge in [0.15, 0.2) is 0 Å². The van der Waals surface area contributed by atoms with E-state index in [2.05, 4.69) is 31.8 Å². The van der Waals surface area contributed by atoms with Crippen LogP contribution in [0, 0.1) is 11.3 Å². The fourth-order valence-corrected chi connectivity index (χ4v) is 3.76. The number of pyridine rings is 1. The molecule has 0 spiro atoms. The first-order valence-electron chi connectivity index (χ1n) is 8.14. The van der Waals surface area contributed by atoms with Crippen molar-refractivity contribution in [3.05, 3.63) is 24.0 Å². The Morgan fingerprint density at radius 3 is 2.62 bits per heavy atom. The van der Waals surface area contributed by atoms with Gasteiger partial charge in [0.2, 0.25) is 0 Å². The van der Waals surface area contributed by atoms with Crippen molar-refractivity contribution in [2.45, 2.75) is 71.9 Å². The summed E-state index contributed by atoms with van der Waals surface area (Å²) in [6, 6.07) is 2.09. The molecule has 0 aromatic carbocycles. The Bertz CT molecular complexity index is 478. The monoisotopic (exact) mass is 290 g/mol. The third-order valence-electron chi connectivity index (χ3n) is 4.62. The third-order valence-corrected chi connectivity index (χ3v) is 4.62. The Hall–Kier alpha value is -1.09. The Kier molecular flexibility index (Phi) is 4.62. The predicted octanol–water partition coefficient (Wildman–Crippen LogP) is 4.26. The summed E-state index contributed by atoms with van der Waals surface area (Å²) in [7, 11) is 0. The van der Waals surface area contributed by atoms with Crippen molar-refractivity contribution < 1.29 is 4.74 Å². The molecule has 0 saturated heterocycles. The molecule has 2 atom stereocenters. The van der Waals surface area contributed by atoms with Gasteiger partial charge in [0.25, 0.3) is 0 Å². The van der Waals surface area contributed by atoms with Gasteiger partial charge in [-0.15, -0.1) is 0 Å². The molecule has 1 saturated carbocycles. The average molecular weight is 290 g/mol. The lowest BCUT2D eigenvalue weighted by atomic mass is 9.60. The van der Waals surface area contributed by atoms with Gasteiger partial charge in [-0.25, -0.2) is 0 Å². The number of hydrogen-bond acceptors (Lipinski definition) is 3. The fourth-order valence-electron chi connectivity index (χ4n) is 3.76. The molecule has 21 heavy (non-hydrogen) atoms. The fraction of sp³-hybridized carbons (Fsp3) is 0.722. The van der Waals surface area contributed by atoms with Crippen molar-refractivity contribution >= 4 is 0 Å². The lowest BCUT2D eigenvalue weighted by molar-refractivity contribution is 0.0772. The van der Waals surface area contributed by atoms with Crippen molar-refractivity contribution in [3.8, 4) is 5.75 Å². The van der Waals surface area contributed by atoms with Gasteiger partial charge >= 0.3 is 0 Å². The van der Waals surface area contributed by atoms with E-state index in [4.69, 9.17) is 10.5 Å². The minimum atomic E-state index is -0.292. The highest BCUT2D eigenvalue weighted by Gasteiger charge is 2.44. The van der Waals surface area contributed by atoms with E-state index in [9.17, 15) is 0 Å². The highest BCUT2D eigenvalue weighted by atomic mass is 16.5. The second-order valence-electron chi connectivity index (χ2n) is 7.78. The second-order valence-corrected chi connectivity index (χ2v) is 7.78. The molecule has 2 N–H and O–H groups in total. The van der Waals surface area contributed by atoms with Gasteiger partial charge in [-0.05, 0) is 49.7 Å². The minimum absolute atomic E-state index is 0.153. The van der Waals surface area contributed by atoms with Crippen LogP contribution in [-0.4, -0.2) is 11.1 Å². The Labute approximate surface area is 129 Å². The topological polar surface area (TPSA) is 48.1 Å². The van der Waals surface area contributed by atoms with E-state index in [1.165, 1.54) is 19.3 Å². The molecule has 2 unspecified atom stereocenters. The van der Waals surface area contributed by atoms with E-state index in [1.807, 2.05) is 20.0 Å². The second kappa shape index (κ2) is 5.96. The molecule has 0 bridgehead atoms. The zero-order valence-electron chi connectivity index (χ0n) is 14.1. The summed E-state index contributed by atoms with van der Waals surface area (Å²) in [5, 5.41) is 0. The van der Waals surface area contributed by atoms with Crippen LogP contribution in [0.5, 0.6) is 5.75 Å². The lowest BCUT2D eigenvalue weighted by Gasteiger charge is -2.48. The summed E-state index contributed by atoms with van der Waals surface area (Å²) >= 11 is 0. The van der Waals surface area contributed by atoms with E-state index in [0.717, 1.165) is 17.7 Å². The van der Waals surface area contributed by atoms with E-state index >= 15 is 0 Å². The number of hydrogen-bond donors (Lipinski definition) is 1. The van der Waals surface area contributed by atoms with E-state index < -0.39 is 0 Å². The highest BCUT2D eigenvalue weighted by molar-refractivity contribution is 5.31. The Morgan fingerprint density at radius 2 is 2.00 bits per heavy atom. The molecule has 0 amide bonds. The maximum Gasteiger partial charge on any atom is 0.138 e. The molecule has 1 aliphatic rings. The zero-order chi connectivity index (χ0) is 15.7. The smallest absolute Gasteiger partial charge is 0.138 e. The largest absolute Gasteiger partial charge is 0.489 e. The summed E-state index contributed by atoms with van der Waals surface area (Å²) in [5.41, 5.74) is 7.95. The van der Waals surface area contributed by atoms with Gasteiger partial charge in [-0.2, -0.15) is 0 Å². The van der Waals surface area contributed by atoms with Crippen molar-refractivity contribution in [2.24, 2.45) is 17.1 Å². The number of aromatic nitrogens is 1. The molecule has 0 aliphatic heterocycles. The molecule has 3 nitrogen and oxygen atoms in total. The first-order valence-corrected chi connectivity index (χ1v) is 8.14. The molecular weight excluding hydrogens is 260 g/mol. The van der Waals surface area contributed by atoms with Gasteiger partial charge in [-0.3, -0.25) is 4.98 Å². The van der Waals surface area contributed by atoms with Gasteiger partial charge in [-0.1, -0.05) is 33.6 Å². The summed E-state index contributed by atoms with van der Waals surface area (Å²) in [6.45, 7) is 11.0. The third kappa shape index (κ3) is 3.57. The first kappa shape index (κ1) is 16.3. The van der Waals surface area contributed by atoms with E-state index in [1.54, 1.807) is 6.20 Å². The standard InChI is InChI=1S/C18H30N2O/c1-13(2)21-15-10-14(11-20-12-15)18(19)9-7-6-8-16(18)17(3,4)5/h10-13,16H,6-9,19H2,1-5H3. The van der Waals surface area contributed by atoms with Gasteiger partial charge < -0.3 is 10.5 Å². The van der Waals surface area contributed by atoms with Crippen LogP contribution in [0.4, 0.5) is 0 Å². The van der Waals surface area contributed by atoms with Crippen molar-refractivity contribution in [1.29, 1.82) is 0 Å². The van der Waals surface area contributed by atoms with E-state index in [-0.39, 0.29) is 17.1 Å². The quantitative estimate of drug-likeness (QED) is 0.905. The minimum Gasteiger partial charge on any atom is -0.489 e. The maximum atomic E-state index is 6.91. The first-order chi connectivity index (χ1) is 9.73. The van der Waals surface area contributed by atoms with Crippen LogP contribution in [0.15, 0.2) is 18.5 Å². The summed E-state index contributed by atoms with van der Waals surface area (Å²) < 4.78 is 5.79. The zero-order valence-corrected chi connectivity index (χ0v) is 14.1. The van der Waals surface area contributed by atoms with Gasteiger partial charge in [0.05, 0.1) is 12.3 Å². The van der Waals surface area contributed by atoms with Crippen molar-refractivity contribution in [2.75, 3.05) is 0 Å². The number of nitrogens with zero attached hydrogens (tertiary/aromatic N) is 1. The Morgan fingerprint density at radius 1 is 1.29 bits per heavy atom. The molecule has 2 rings (SSSR count). The number of nitrogens with two attached hydrogens (primary N) is 1. The van der Waals surface area contributed by atoms with Crippen LogP contribution in [0.3, 0.4) is 0 Å². The lowest BCUT2D eigenvalue weighted by Crippen LogP contribution is -2.51. The van der Waals surface area contributed by atoms with Crippen molar-refractivity contribution in [3.63, 3.8) is 0 Å². The van der Waals surface area contributed by atoms with Crippen LogP contribution in [-0.2, 0) is 5.54 Å². The van der Waals surface area contributed by atoms with Crippen LogP contribution in [0.2, 0.25) is 0 Å². The molecule has 3 heteroatoms. The SMILES string of the molecule is CC(C)Oc1cncc(C2(N)CCCCC2C(C)(C)C)c1. The van der Waals surface area contributed by atoms with Crippen LogP contribution < -0.4 is 10.5 Å². The predicted molar refractivity (Wildman–Crippen MR) is 87.3 cm³/mol. The normalized spacial score (nSPS) is 26.9. The Balaban J connectivity index is 2.36. The maximum absolute atomic E-state index is 6.91. The van der Waals surface area contributed by atoms with Crippen molar-refractivity contribution in [1.82, 2.24) is 4.98 Å². The highest BCUT2D eigenvalue weighted by Crippen LogP contribution is 2.48. The number of ether oxygens (including phenoxy) is 1. The van der Waals surface area contributed by atoms with Crippen LogP contribution >= 0.6 is 0 Å². The van der Waals surface area contributed by atoms with Gasteiger partial charge in [0.1, 0.15) is 5.75 Å². The van der Waals surface area contributed by atoms with E-state index in [0.29, 0.717) is 5.92 Å². The summed E-state index contributed by atoms with van der Waals surface area (Å²) in [4.78, 5) is 4.37. The molecule has 1 aromatic rings. The summed E-state index contributed by atoms with van der Waals surface area (Å²) in [5.74, 6) is 1.29. The molecule has 1 fully saturated rings. The average Bonchev–Trinajstić information content (AvgIpc) is 2.37. The summed E-state index contributed by atoms with van der Waals surface area (Å²) in [6.07, 6.45) is 8.55. The molecule has 0 radical (unpaired) electrons. The molecule has 1 heterocycles. The number of rotatable bonds is 3. The van der Waals surface area contributed by atoms with Crippen LogP contribution in [0.25, 0.3) is 0 Å². The van der Waals surface area contributed by atoms with Gasteiger partial charge in [0, 0.05) is 11.7 Å². The molecule has 1 aromatic heterocycles. The molecular formula is C18H30N2O.